The third-order valence-corrected chi connectivity index (χ3v) is 4.65. The monoisotopic (exact) mass is 367 g/mol. The van der Waals surface area contributed by atoms with Crippen molar-refractivity contribution in [3.8, 4) is 5.69 Å². The van der Waals surface area contributed by atoms with Crippen molar-refractivity contribution < 1.29 is 4.92 Å². The number of nitro groups is 1. The molecular formula is C18H14ClN5O2. The molecule has 0 N–H and O–H groups in total. The molecule has 4 rings (SSSR count). The summed E-state index contributed by atoms with van der Waals surface area (Å²) in [7, 11) is 0. The van der Waals surface area contributed by atoms with E-state index in [-0.39, 0.29) is 5.69 Å². The normalized spacial score (nSPS) is 14.8. The van der Waals surface area contributed by atoms with E-state index in [4.69, 9.17) is 16.6 Å². The summed E-state index contributed by atoms with van der Waals surface area (Å²) in [5.41, 5.74) is 1.92. The predicted octanol–water partition coefficient (Wildman–Crippen LogP) is 3.92. The molecule has 1 aliphatic heterocycles. The molecule has 1 aliphatic rings. The van der Waals surface area contributed by atoms with Gasteiger partial charge in [-0.3, -0.25) is 19.7 Å². The first-order valence-electron chi connectivity index (χ1n) is 7.93. The van der Waals surface area contributed by atoms with E-state index in [1.165, 1.54) is 12.1 Å². The second-order valence-electron chi connectivity index (χ2n) is 6.48. The van der Waals surface area contributed by atoms with Crippen LogP contribution >= 0.6 is 11.6 Å². The van der Waals surface area contributed by atoms with Gasteiger partial charge in [0, 0.05) is 28.3 Å². The highest BCUT2D eigenvalue weighted by atomic mass is 35.5. The molecule has 3 aromatic rings. The average Bonchev–Trinajstić information content (AvgIpc) is 3.07. The Labute approximate surface area is 154 Å². The zero-order valence-corrected chi connectivity index (χ0v) is 14.8. The fourth-order valence-electron chi connectivity index (χ4n) is 3.11. The molecule has 2 aromatic carbocycles. The summed E-state index contributed by atoms with van der Waals surface area (Å²) in [6, 6.07) is 12.0. The summed E-state index contributed by atoms with van der Waals surface area (Å²) in [6.07, 6.45) is 1.59. The molecule has 1 aromatic heterocycles. The number of fused-ring (bicyclic) bond motifs is 3. The van der Waals surface area contributed by atoms with Gasteiger partial charge in [0.15, 0.2) is 5.82 Å². The van der Waals surface area contributed by atoms with E-state index in [0.717, 1.165) is 5.69 Å². The molecule has 0 fully saturated rings. The Morgan fingerprint density at radius 1 is 1.15 bits per heavy atom. The Hall–Kier alpha value is -3.06. The van der Waals surface area contributed by atoms with Gasteiger partial charge >= 0.3 is 0 Å². The van der Waals surface area contributed by atoms with Gasteiger partial charge in [-0.05, 0) is 26.0 Å². The van der Waals surface area contributed by atoms with Crippen molar-refractivity contribution in [2.75, 3.05) is 0 Å². The largest absolute Gasteiger partial charge is 0.283 e. The van der Waals surface area contributed by atoms with Crippen molar-refractivity contribution in [2.45, 2.75) is 19.4 Å². The molecule has 0 atom stereocenters. The van der Waals surface area contributed by atoms with Crippen LogP contribution in [0.1, 0.15) is 30.8 Å². The molecule has 0 unspecified atom stereocenters. The minimum atomic E-state index is -0.696. The van der Waals surface area contributed by atoms with Gasteiger partial charge < -0.3 is 0 Å². The first-order chi connectivity index (χ1) is 12.4. The number of aromatic nitrogens is 3. The van der Waals surface area contributed by atoms with Gasteiger partial charge in [-0.1, -0.05) is 29.8 Å². The second-order valence-corrected chi connectivity index (χ2v) is 6.89. The lowest BCUT2D eigenvalue weighted by Crippen LogP contribution is -2.20. The summed E-state index contributed by atoms with van der Waals surface area (Å²) < 4.78 is 1.81. The summed E-state index contributed by atoms with van der Waals surface area (Å²) in [5, 5.41) is 20.1. The zero-order chi connectivity index (χ0) is 18.5. The minimum Gasteiger partial charge on any atom is -0.283 e. The first-order valence-corrected chi connectivity index (χ1v) is 8.31. The van der Waals surface area contributed by atoms with Crippen molar-refractivity contribution in [2.24, 2.45) is 4.99 Å². The van der Waals surface area contributed by atoms with Crippen molar-refractivity contribution in [3.63, 3.8) is 0 Å². The maximum atomic E-state index is 11.3. The number of halogens is 1. The average molecular weight is 368 g/mol. The Bertz CT molecular complexity index is 1070. The van der Waals surface area contributed by atoms with E-state index in [0.29, 0.717) is 27.7 Å². The zero-order valence-electron chi connectivity index (χ0n) is 14.0. The van der Waals surface area contributed by atoms with Crippen LogP contribution in [-0.4, -0.2) is 25.4 Å². The van der Waals surface area contributed by atoms with Gasteiger partial charge in [-0.15, -0.1) is 10.2 Å². The van der Waals surface area contributed by atoms with Crippen LogP contribution < -0.4 is 0 Å². The molecule has 130 valence electrons. The maximum Gasteiger partial charge on any atom is 0.270 e. The van der Waals surface area contributed by atoms with E-state index in [9.17, 15) is 10.1 Å². The molecule has 26 heavy (non-hydrogen) atoms. The molecule has 0 saturated heterocycles. The van der Waals surface area contributed by atoms with Crippen LogP contribution in [0.5, 0.6) is 0 Å². The number of benzene rings is 2. The lowest BCUT2D eigenvalue weighted by Gasteiger charge is -2.18. The molecule has 0 radical (unpaired) electrons. The highest BCUT2D eigenvalue weighted by Crippen LogP contribution is 2.35. The summed E-state index contributed by atoms with van der Waals surface area (Å²) in [4.78, 5) is 15.8. The molecule has 7 nitrogen and oxygen atoms in total. The first kappa shape index (κ1) is 16.4. The van der Waals surface area contributed by atoms with Crippen LogP contribution in [0.4, 0.5) is 5.69 Å². The van der Waals surface area contributed by atoms with E-state index in [2.05, 4.69) is 10.2 Å². The Balaban J connectivity index is 2.10. The molecule has 0 spiro atoms. The van der Waals surface area contributed by atoms with Crippen LogP contribution in [-0.2, 0) is 5.54 Å². The molecular weight excluding hydrogens is 354 g/mol. The fourth-order valence-corrected chi connectivity index (χ4v) is 3.34. The Kier molecular flexibility index (Phi) is 3.62. The third kappa shape index (κ3) is 2.48. The van der Waals surface area contributed by atoms with Crippen molar-refractivity contribution in [1.29, 1.82) is 0 Å². The molecule has 0 saturated carbocycles. The van der Waals surface area contributed by atoms with Gasteiger partial charge in [-0.2, -0.15) is 0 Å². The highest BCUT2D eigenvalue weighted by molar-refractivity contribution is 6.35. The topological polar surface area (TPSA) is 86.2 Å². The molecule has 2 heterocycles. The number of nitro benzene ring substituents is 1. The van der Waals surface area contributed by atoms with E-state index in [1.807, 2.05) is 36.6 Å². The number of nitrogens with zero attached hydrogens (tertiary/aromatic N) is 5. The standard InChI is InChI=1S/C18H14ClN5O2/c1-18(2)17-22-20-10-23(17)15-8-7-11(24(25)26)9-13(15)16(21-18)12-5-3-4-6-14(12)19/h3-10H,1-2H3. The summed E-state index contributed by atoms with van der Waals surface area (Å²) >= 11 is 6.41. The maximum absolute atomic E-state index is 11.3. The smallest absolute Gasteiger partial charge is 0.270 e. The van der Waals surface area contributed by atoms with Gasteiger partial charge in [0.25, 0.3) is 5.69 Å². The van der Waals surface area contributed by atoms with Gasteiger partial charge in [0.1, 0.15) is 11.9 Å². The summed E-state index contributed by atoms with van der Waals surface area (Å²) in [6.45, 7) is 3.84. The van der Waals surface area contributed by atoms with Crippen LogP contribution in [0.25, 0.3) is 5.69 Å². The van der Waals surface area contributed by atoms with Crippen LogP contribution in [0, 0.1) is 10.1 Å². The van der Waals surface area contributed by atoms with Gasteiger partial charge in [0.05, 0.1) is 16.3 Å². The predicted molar refractivity (Wildman–Crippen MR) is 98.1 cm³/mol. The van der Waals surface area contributed by atoms with Crippen molar-refractivity contribution in [1.82, 2.24) is 14.8 Å². The van der Waals surface area contributed by atoms with Gasteiger partial charge in [0.2, 0.25) is 0 Å². The molecule has 0 bridgehead atoms. The number of non-ortho nitro benzene ring substituents is 1. The van der Waals surface area contributed by atoms with E-state index >= 15 is 0 Å². The van der Waals surface area contributed by atoms with E-state index in [1.54, 1.807) is 18.5 Å². The molecule has 8 heteroatoms. The number of rotatable bonds is 2. The third-order valence-electron chi connectivity index (χ3n) is 4.32. The molecule has 0 amide bonds. The lowest BCUT2D eigenvalue weighted by molar-refractivity contribution is -0.384. The Morgan fingerprint density at radius 2 is 1.92 bits per heavy atom. The minimum absolute atomic E-state index is 0.0159. The number of aliphatic imine (C=N–C) groups is 1. The van der Waals surface area contributed by atoms with Crippen molar-refractivity contribution >= 4 is 23.0 Å². The summed E-state index contributed by atoms with van der Waals surface area (Å²) in [5.74, 6) is 0.648. The number of hydrogen-bond donors (Lipinski definition) is 0. The quantitative estimate of drug-likeness (QED) is 0.507. The molecule has 0 aliphatic carbocycles. The van der Waals surface area contributed by atoms with Crippen molar-refractivity contribution in [3.05, 3.63) is 80.9 Å². The SMILES string of the molecule is CC1(C)N=C(c2ccccc2Cl)c2cc([N+](=O)[O-])ccc2-n2cnnc21. The van der Waals surface area contributed by atoms with Gasteiger partial charge in [-0.25, -0.2) is 0 Å². The number of hydrogen-bond acceptors (Lipinski definition) is 5. The highest BCUT2D eigenvalue weighted by Gasteiger charge is 2.33. The fraction of sp³-hybridized carbons (Fsp3) is 0.167. The van der Waals surface area contributed by atoms with E-state index < -0.39 is 10.5 Å². The van der Waals surface area contributed by atoms with Crippen LogP contribution in [0.2, 0.25) is 5.02 Å². The van der Waals surface area contributed by atoms with Crippen LogP contribution in [0.3, 0.4) is 0 Å². The Morgan fingerprint density at radius 3 is 2.65 bits per heavy atom. The van der Waals surface area contributed by atoms with Crippen LogP contribution in [0.15, 0.2) is 53.8 Å². The lowest BCUT2D eigenvalue weighted by atomic mass is 9.99. The second kappa shape index (κ2) is 5.74.